The van der Waals surface area contributed by atoms with Gasteiger partial charge in [0.2, 0.25) is 0 Å². The molecule has 100 valence electrons. The maximum atomic E-state index is 6.36. The van der Waals surface area contributed by atoms with E-state index in [-0.39, 0.29) is 6.10 Å². The number of aryl methyl sites for hydroxylation is 1. The fraction of sp³-hybridized carbons (Fsp3) is 0.647. The molecule has 1 saturated heterocycles. The van der Waals surface area contributed by atoms with Crippen molar-refractivity contribution in [2.75, 3.05) is 0 Å². The minimum absolute atomic E-state index is 0.266. The van der Waals surface area contributed by atoms with E-state index in [0.29, 0.717) is 17.9 Å². The Bertz CT molecular complexity index is 379. The lowest BCUT2D eigenvalue weighted by Crippen LogP contribution is -2.40. The highest BCUT2D eigenvalue weighted by Gasteiger charge is 2.38. The van der Waals surface area contributed by atoms with Crippen molar-refractivity contribution < 1.29 is 4.74 Å². The smallest absolute Gasteiger partial charge is 0.0856 e. The largest absolute Gasteiger partial charge is 0.370 e. The molecule has 18 heavy (non-hydrogen) atoms. The van der Waals surface area contributed by atoms with Gasteiger partial charge in [0.25, 0.3) is 0 Å². The second-order valence-electron chi connectivity index (χ2n) is 5.99. The first-order valence-corrected chi connectivity index (χ1v) is 7.26. The topological polar surface area (TPSA) is 9.23 Å². The van der Waals surface area contributed by atoms with Crippen molar-refractivity contribution >= 4 is 0 Å². The molecule has 1 heteroatoms. The number of hydrogen-bond acceptors (Lipinski definition) is 1. The molecule has 5 atom stereocenters. The minimum Gasteiger partial charge on any atom is -0.370 e. The summed E-state index contributed by atoms with van der Waals surface area (Å²) in [5.74, 6) is 1.97. The zero-order valence-electron chi connectivity index (χ0n) is 12.3. The van der Waals surface area contributed by atoms with Crippen LogP contribution in [0, 0.1) is 24.7 Å². The summed E-state index contributed by atoms with van der Waals surface area (Å²) in [6, 6.07) is 8.84. The maximum absolute atomic E-state index is 6.36. The van der Waals surface area contributed by atoms with Crippen LogP contribution in [0.4, 0.5) is 0 Å². The molecule has 1 aromatic rings. The minimum atomic E-state index is 0.266. The van der Waals surface area contributed by atoms with Gasteiger partial charge in [-0.2, -0.15) is 0 Å². The first-order chi connectivity index (χ1) is 8.54. The molecule has 0 aromatic heterocycles. The van der Waals surface area contributed by atoms with Crippen molar-refractivity contribution in [1.29, 1.82) is 0 Å². The molecule has 1 nitrogen and oxygen atoms in total. The standard InChI is InChI=1S/C17H26O/c1-6-16-13(4)12(3)14(5)17(18-16)15-9-7-11(2)8-10-15/h7-10,12-14,16-17H,6H2,1-5H3/t12-,13-,14+,16+,17+/m0/s1. The Balaban J connectivity index is 2.24. The van der Waals surface area contributed by atoms with Crippen molar-refractivity contribution in [1.82, 2.24) is 0 Å². The lowest BCUT2D eigenvalue weighted by atomic mass is 9.74. The summed E-state index contributed by atoms with van der Waals surface area (Å²) >= 11 is 0. The van der Waals surface area contributed by atoms with E-state index < -0.39 is 0 Å². The molecule has 0 saturated carbocycles. The first-order valence-electron chi connectivity index (χ1n) is 7.26. The van der Waals surface area contributed by atoms with Crippen LogP contribution in [0.3, 0.4) is 0 Å². The summed E-state index contributed by atoms with van der Waals surface area (Å²) < 4.78 is 6.36. The van der Waals surface area contributed by atoms with Crippen LogP contribution >= 0.6 is 0 Å². The van der Waals surface area contributed by atoms with Gasteiger partial charge in [-0.3, -0.25) is 0 Å². The van der Waals surface area contributed by atoms with E-state index >= 15 is 0 Å². The van der Waals surface area contributed by atoms with Crippen LogP contribution in [0.5, 0.6) is 0 Å². The zero-order valence-corrected chi connectivity index (χ0v) is 12.3. The molecular formula is C17H26O. The van der Waals surface area contributed by atoms with Crippen LogP contribution in [0.2, 0.25) is 0 Å². The van der Waals surface area contributed by atoms with E-state index in [2.05, 4.69) is 58.9 Å². The maximum Gasteiger partial charge on any atom is 0.0856 e. The summed E-state index contributed by atoms with van der Waals surface area (Å²) in [5.41, 5.74) is 2.65. The van der Waals surface area contributed by atoms with Crippen LogP contribution < -0.4 is 0 Å². The Morgan fingerprint density at radius 2 is 1.56 bits per heavy atom. The second kappa shape index (κ2) is 5.44. The molecule has 1 fully saturated rings. The van der Waals surface area contributed by atoms with E-state index in [9.17, 15) is 0 Å². The van der Waals surface area contributed by atoms with Gasteiger partial charge in [0.15, 0.2) is 0 Å². The number of benzene rings is 1. The molecule has 0 N–H and O–H groups in total. The van der Waals surface area contributed by atoms with Crippen molar-refractivity contribution in [3.8, 4) is 0 Å². The summed E-state index contributed by atoms with van der Waals surface area (Å²) in [6.07, 6.45) is 1.78. The van der Waals surface area contributed by atoms with Gasteiger partial charge < -0.3 is 4.74 Å². The Morgan fingerprint density at radius 3 is 2.11 bits per heavy atom. The first kappa shape index (κ1) is 13.6. The van der Waals surface area contributed by atoms with Crippen LogP contribution in [-0.2, 0) is 4.74 Å². The zero-order chi connectivity index (χ0) is 13.3. The molecule has 2 rings (SSSR count). The van der Waals surface area contributed by atoms with E-state index in [1.54, 1.807) is 0 Å². The SMILES string of the molecule is CC[C@H]1O[C@@H](c2ccc(C)cc2)[C@H](C)[C@@H](C)[C@@H]1C. The van der Waals surface area contributed by atoms with Gasteiger partial charge in [0.05, 0.1) is 12.2 Å². The lowest BCUT2D eigenvalue weighted by molar-refractivity contribution is -0.136. The van der Waals surface area contributed by atoms with Crippen LogP contribution in [0.15, 0.2) is 24.3 Å². The summed E-state index contributed by atoms with van der Waals surface area (Å²) in [7, 11) is 0. The summed E-state index contributed by atoms with van der Waals surface area (Å²) in [5, 5.41) is 0. The molecule has 0 amide bonds. The number of ether oxygens (including phenoxy) is 1. The average molecular weight is 246 g/mol. The summed E-state index contributed by atoms with van der Waals surface area (Å²) in [4.78, 5) is 0. The Kier molecular flexibility index (Phi) is 4.11. The summed E-state index contributed by atoms with van der Waals surface area (Å²) in [6.45, 7) is 11.4. The highest BCUT2D eigenvalue weighted by molar-refractivity contribution is 5.24. The highest BCUT2D eigenvalue weighted by atomic mass is 16.5. The van der Waals surface area contributed by atoms with Crippen LogP contribution in [-0.4, -0.2) is 6.10 Å². The fourth-order valence-electron chi connectivity index (χ4n) is 3.14. The van der Waals surface area contributed by atoms with Gasteiger partial charge in [-0.05, 0) is 36.7 Å². The Morgan fingerprint density at radius 1 is 0.944 bits per heavy atom. The van der Waals surface area contributed by atoms with E-state index in [4.69, 9.17) is 4.74 Å². The van der Waals surface area contributed by atoms with Gasteiger partial charge >= 0.3 is 0 Å². The average Bonchev–Trinajstić information content (AvgIpc) is 2.38. The van der Waals surface area contributed by atoms with Crippen molar-refractivity contribution in [3.05, 3.63) is 35.4 Å². The van der Waals surface area contributed by atoms with E-state index in [1.807, 2.05) is 0 Å². The molecular weight excluding hydrogens is 220 g/mol. The molecule has 0 aliphatic carbocycles. The fourth-order valence-corrected chi connectivity index (χ4v) is 3.14. The van der Waals surface area contributed by atoms with E-state index in [0.717, 1.165) is 12.3 Å². The Labute approximate surface area is 112 Å². The quantitative estimate of drug-likeness (QED) is 0.731. The lowest BCUT2D eigenvalue weighted by Gasteiger charge is -2.44. The molecule has 1 aliphatic heterocycles. The highest BCUT2D eigenvalue weighted by Crippen LogP contribution is 2.43. The van der Waals surface area contributed by atoms with Gasteiger partial charge in [-0.25, -0.2) is 0 Å². The van der Waals surface area contributed by atoms with Crippen LogP contribution in [0.25, 0.3) is 0 Å². The third-order valence-electron chi connectivity index (χ3n) is 4.85. The van der Waals surface area contributed by atoms with Crippen molar-refractivity contribution in [2.24, 2.45) is 17.8 Å². The molecule has 0 unspecified atom stereocenters. The predicted molar refractivity (Wildman–Crippen MR) is 76.6 cm³/mol. The Hall–Kier alpha value is -0.820. The van der Waals surface area contributed by atoms with E-state index in [1.165, 1.54) is 11.1 Å². The molecule has 1 aliphatic rings. The molecule has 0 radical (unpaired) electrons. The molecule has 1 aromatic carbocycles. The van der Waals surface area contributed by atoms with Crippen molar-refractivity contribution in [2.45, 2.75) is 53.2 Å². The number of hydrogen-bond donors (Lipinski definition) is 0. The van der Waals surface area contributed by atoms with Crippen LogP contribution in [0.1, 0.15) is 51.3 Å². The predicted octanol–water partition coefficient (Wildman–Crippen LogP) is 4.75. The monoisotopic (exact) mass is 246 g/mol. The molecule has 0 spiro atoms. The third kappa shape index (κ3) is 2.47. The van der Waals surface area contributed by atoms with Gasteiger partial charge in [0.1, 0.15) is 0 Å². The second-order valence-corrected chi connectivity index (χ2v) is 5.99. The normalized spacial score (nSPS) is 36.6. The van der Waals surface area contributed by atoms with Gasteiger partial charge in [-0.1, -0.05) is 57.5 Å². The third-order valence-corrected chi connectivity index (χ3v) is 4.85. The van der Waals surface area contributed by atoms with Crippen molar-refractivity contribution in [3.63, 3.8) is 0 Å². The molecule has 1 heterocycles. The molecule has 0 bridgehead atoms. The van der Waals surface area contributed by atoms with Gasteiger partial charge in [0, 0.05) is 0 Å². The van der Waals surface area contributed by atoms with Gasteiger partial charge in [-0.15, -0.1) is 0 Å². The number of rotatable bonds is 2.